The Hall–Kier alpha value is -3.35. The van der Waals surface area contributed by atoms with Crippen molar-refractivity contribution in [2.45, 2.75) is 45.8 Å². The third-order valence-corrected chi connectivity index (χ3v) is 4.59. The summed E-state index contributed by atoms with van der Waals surface area (Å²) >= 11 is 0. The van der Waals surface area contributed by atoms with Gasteiger partial charge in [0, 0.05) is 5.56 Å². The highest BCUT2D eigenvalue weighted by Gasteiger charge is 2.22. The fourth-order valence-corrected chi connectivity index (χ4v) is 3.00. The first-order valence-corrected chi connectivity index (χ1v) is 10.5. The molecule has 31 heavy (non-hydrogen) atoms. The summed E-state index contributed by atoms with van der Waals surface area (Å²) in [6.45, 7) is 5.63. The quantitative estimate of drug-likeness (QED) is 0.537. The van der Waals surface area contributed by atoms with Gasteiger partial charge in [-0.3, -0.25) is 14.4 Å². The predicted octanol–water partition coefficient (Wildman–Crippen LogP) is 3.40. The number of nitrogens with one attached hydrogen (secondary N) is 2. The molecule has 7 nitrogen and oxygen atoms in total. The number of hydrogen-bond acceptors (Lipinski definition) is 5. The van der Waals surface area contributed by atoms with Crippen molar-refractivity contribution in [3.05, 3.63) is 65.7 Å². The summed E-state index contributed by atoms with van der Waals surface area (Å²) in [5.41, 5.74) is 1.39. The van der Waals surface area contributed by atoms with E-state index in [1.165, 1.54) is 6.92 Å². The second-order valence-electron chi connectivity index (χ2n) is 7.03. The number of amides is 2. The summed E-state index contributed by atoms with van der Waals surface area (Å²) < 4.78 is 10.5. The Balaban J connectivity index is 1.82. The summed E-state index contributed by atoms with van der Waals surface area (Å²) in [5.74, 6) is -0.818. The number of carbonyl (C=O) groups is 3. The third-order valence-electron chi connectivity index (χ3n) is 4.59. The summed E-state index contributed by atoms with van der Waals surface area (Å²) in [5, 5.41) is 5.43. The maximum atomic E-state index is 12.5. The average molecular weight is 427 g/mol. The first-order chi connectivity index (χ1) is 14.9. The van der Waals surface area contributed by atoms with Crippen molar-refractivity contribution in [3.63, 3.8) is 0 Å². The molecule has 0 heterocycles. The molecule has 2 amide bonds. The lowest BCUT2D eigenvalue weighted by atomic mass is 10.0. The normalized spacial score (nSPS) is 12.4. The molecule has 2 rings (SSSR count). The molecule has 0 saturated heterocycles. The van der Waals surface area contributed by atoms with Crippen molar-refractivity contribution < 1.29 is 23.9 Å². The van der Waals surface area contributed by atoms with Gasteiger partial charge in [-0.25, -0.2) is 0 Å². The zero-order valence-corrected chi connectivity index (χ0v) is 18.2. The summed E-state index contributed by atoms with van der Waals surface area (Å²) in [4.78, 5) is 36.7. The van der Waals surface area contributed by atoms with E-state index in [1.807, 2.05) is 44.2 Å². The topological polar surface area (TPSA) is 93.7 Å². The maximum Gasteiger partial charge on any atom is 0.326 e. The molecule has 0 aliphatic carbocycles. The first kappa shape index (κ1) is 23.9. The maximum absolute atomic E-state index is 12.5. The van der Waals surface area contributed by atoms with Crippen LogP contribution in [0.2, 0.25) is 0 Å². The molecule has 0 aromatic heterocycles. The molecule has 0 fully saturated rings. The lowest BCUT2D eigenvalue weighted by Crippen LogP contribution is -2.40. The van der Waals surface area contributed by atoms with Crippen LogP contribution in [-0.2, 0) is 14.3 Å². The van der Waals surface area contributed by atoms with E-state index in [1.54, 1.807) is 24.3 Å². The zero-order chi connectivity index (χ0) is 22.6. The van der Waals surface area contributed by atoms with E-state index in [0.717, 1.165) is 18.4 Å². The van der Waals surface area contributed by atoms with Gasteiger partial charge < -0.3 is 20.1 Å². The molecule has 0 saturated carbocycles. The molecule has 2 aromatic rings. The zero-order valence-electron chi connectivity index (χ0n) is 18.2. The second-order valence-corrected chi connectivity index (χ2v) is 7.03. The number of ether oxygens (including phenoxy) is 2. The van der Waals surface area contributed by atoms with Crippen molar-refractivity contribution >= 4 is 17.8 Å². The van der Waals surface area contributed by atoms with E-state index < -0.39 is 18.0 Å². The smallest absolute Gasteiger partial charge is 0.326 e. The highest BCUT2D eigenvalue weighted by Crippen LogP contribution is 2.18. The van der Waals surface area contributed by atoms with Crippen LogP contribution in [0.25, 0.3) is 0 Å². The van der Waals surface area contributed by atoms with Crippen molar-refractivity contribution in [2.24, 2.45) is 0 Å². The number of benzene rings is 2. The van der Waals surface area contributed by atoms with Gasteiger partial charge in [0.05, 0.1) is 12.6 Å². The molecule has 2 N–H and O–H groups in total. The summed E-state index contributed by atoms with van der Waals surface area (Å²) in [6.07, 6.45) is 0.693. The Morgan fingerprint density at radius 3 is 2.26 bits per heavy atom. The number of carbonyl (C=O) groups excluding carboxylic acids is 3. The SMILES string of the molecule is CCCC(NC(=O)C(C)OC(=O)CNC(=O)c1ccc(OCC)cc1)c1ccccc1. The second kappa shape index (κ2) is 12.4. The Kier molecular flexibility index (Phi) is 9.55. The average Bonchev–Trinajstić information content (AvgIpc) is 2.78. The van der Waals surface area contributed by atoms with Crippen LogP contribution in [0.1, 0.15) is 55.6 Å². The van der Waals surface area contributed by atoms with Crippen LogP contribution in [0.15, 0.2) is 54.6 Å². The number of esters is 1. The van der Waals surface area contributed by atoms with E-state index in [9.17, 15) is 14.4 Å². The van der Waals surface area contributed by atoms with Crippen LogP contribution >= 0.6 is 0 Å². The van der Waals surface area contributed by atoms with Gasteiger partial charge in [0.1, 0.15) is 12.3 Å². The standard InChI is InChI=1S/C24H30N2O5/c1-4-9-21(18-10-7-6-8-11-18)26-23(28)17(3)31-22(27)16-25-24(29)19-12-14-20(15-13-19)30-5-2/h6-8,10-15,17,21H,4-5,9,16H2,1-3H3,(H,25,29)(H,26,28). The van der Waals surface area contributed by atoms with Gasteiger partial charge in [-0.2, -0.15) is 0 Å². The van der Waals surface area contributed by atoms with Crippen LogP contribution in [-0.4, -0.2) is 37.0 Å². The molecule has 166 valence electrons. The van der Waals surface area contributed by atoms with E-state index in [-0.39, 0.29) is 18.5 Å². The van der Waals surface area contributed by atoms with Gasteiger partial charge in [0.2, 0.25) is 0 Å². The van der Waals surface area contributed by atoms with Crippen LogP contribution in [0.3, 0.4) is 0 Å². The molecule has 0 spiro atoms. The minimum absolute atomic E-state index is 0.154. The van der Waals surface area contributed by atoms with Crippen LogP contribution in [0, 0.1) is 0 Å². The lowest BCUT2D eigenvalue weighted by molar-refractivity contribution is -0.154. The molecule has 7 heteroatoms. The molecule has 2 unspecified atom stereocenters. The Bertz CT molecular complexity index is 852. The van der Waals surface area contributed by atoms with Crippen LogP contribution in [0.5, 0.6) is 5.75 Å². The Morgan fingerprint density at radius 2 is 1.65 bits per heavy atom. The Morgan fingerprint density at radius 1 is 0.968 bits per heavy atom. The fraction of sp³-hybridized carbons (Fsp3) is 0.375. The Labute approximate surface area is 183 Å². The van der Waals surface area contributed by atoms with E-state index in [0.29, 0.717) is 17.9 Å². The summed E-state index contributed by atoms with van der Waals surface area (Å²) in [6, 6.07) is 16.1. The number of rotatable bonds is 11. The lowest BCUT2D eigenvalue weighted by Gasteiger charge is -2.21. The molecule has 0 bridgehead atoms. The molecule has 0 radical (unpaired) electrons. The molecular weight excluding hydrogens is 396 g/mol. The monoisotopic (exact) mass is 426 g/mol. The highest BCUT2D eigenvalue weighted by molar-refractivity contribution is 5.96. The van der Waals surface area contributed by atoms with E-state index in [4.69, 9.17) is 9.47 Å². The van der Waals surface area contributed by atoms with Crippen LogP contribution < -0.4 is 15.4 Å². The highest BCUT2D eigenvalue weighted by atomic mass is 16.5. The van der Waals surface area contributed by atoms with E-state index in [2.05, 4.69) is 10.6 Å². The van der Waals surface area contributed by atoms with Gasteiger partial charge in [0.25, 0.3) is 11.8 Å². The van der Waals surface area contributed by atoms with Crippen LogP contribution in [0.4, 0.5) is 0 Å². The first-order valence-electron chi connectivity index (χ1n) is 10.5. The van der Waals surface area contributed by atoms with Crippen molar-refractivity contribution in [1.29, 1.82) is 0 Å². The molecule has 0 aliphatic rings. The third kappa shape index (κ3) is 7.77. The van der Waals surface area contributed by atoms with Gasteiger partial charge in [-0.05, 0) is 50.1 Å². The molecule has 2 aromatic carbocycles. The van der Waals surface area contributed by atoms with E-state index >= 15 is 0 Å². The fourth-order valence-electron chi connectivity index (χ4n) is 3.00. The largest absolute Gasteiger partial charge is 0.494 e. The summed E-state index contributed by atoms with van der Waals surface area (Å²) in [7, 11) is 0. The molecule has 0 aliphatic heterocycles. The molecular formula is C24H30N2O5. The number of hydrogen-bond donors (Lipinski definition) is 2. The van der Waals surface area contributed by atoms with Crippen molar-refractivity contribution in [1.82, 2.24) is 10.6 Å². The minimum atomic E-state index is -0.974. The minimum Gasteiger partial charge on any atom is -0.494 e. The van der Waals surface area contributed by atoms with Gasteiger partial charge >= 0.3 is 5.97 Å². The van der Waals surface area contributed by atoms with Gasteiger partial charge in [0.15, 0.2) is 6.10 Å². The van der Waals surface area contributed by atoms with Crippen molar-refractivity contribution in [3.8, 4) is 5.75 Å². The predicted molar refractivity (Wildman–Crippen MR) is 118 cm³/mol. The van der Waals surface area contributed by atoms with Gasteiger partial charge in [-0.1, -0.05) is 43.7 Å². The van der Waals surface area contributed by atoms with Gasteiger partial charge in [-0.15, -0.1) is 0 Å². The molecule has 2 atom stereocenters. The van der Waals surface area contributed by atoms with Crippen molar-refractivity contribution in [2.75, 3.05) is 13.2 Å².